The highest BCUT2D eigenvalue weighted by Crippen LogP contribution is 1.99. The minimum Gasteiger partial charge on any atom is -0.382 e. The fourth-order valence-electron chi connectivity index (χ4n) is 0.798. The highest BCUT2D eigenvalue weighted by atomic mass is 16.1. The molecule has 1 heterocycles. The predicted molar refractivity (Wildman–Crippen MR) is 45.4 cm³/mol. The number of nitrogen functional groups attached to an aromatic ring is 1. The van der Waals surface area contributed by atoms with E-state index in [0.717, 1.165) is 5.69 Å². The minimum atomic E-state index is 0.161. The summed E-state index contributed by atoms with van der Waals surface area (Å²) in [4.78, 5) is 18.5. The van der Waals surface area contributed by atoms with Gasteiger partial charge in [0.1, 0.15) is 11.6 Å². The van der Waals surface area contributed by atoms with Crippen molar-refractivity contribution in [3.8, 4) is 0 Å². The van der Waals surface area contributed by atoms with Gasteiger partial charge in [-0.3, -0.25) is 4.98 Å². The maximum Gasteiger partial charge on any atom is 0.141 e. The number of rotatable bonds is 3. The largest absolute Gasteiger partial charge is 0.382 e. The van der Waals surface area contributed by atoms with Gasteiger partial charge in [-0.05, 0) is 13.3 Å². The molecule has 0 aliphatic rings. The van der Waals surface area contributed by atoms with E-state index < -0.39 is 0 Å². The highest BCUT2D eigenvalue weighted by Gasteiger charge is 1.97. The van der Waals surface area contributed by atoms with Gasteiger partial charge in [0.2, 0.25) is 0 Å². The van der Waals surface area contributed by atoms with Crippen LogP contribution in [-0.4, -0.2) is 15.8 Å². The molecule has 64 valence electrons. The Kier molecular flexibility index (Phi) is 2.74. The zero-order valence-corrected chi connectivity index (χ0v) is 6.95. The molecule has 0 saturated heterocycles. The van der Waals surface area contributed by atoms with Crippen LogP contribution in [0.15, 0.2) is 12.4 Å². The molecule has 4 heteroatoms. The van der Waals surface area contributed by atoms with Gasteiger partial charge in [0.05, 0.1) is 18.1 Å². The second kappa shape index (κ2) is 3.80. The van der Waals surface area contributed by atoms with Crippen molar-refractivity contribution >= 4 is 11.6 Å². The lowest BCUT2D eigenvalue weighted by Crippen LogP contribution is -1.98. The van der Waals surface area contributed by atoms with Gasteiger partial charge in [0.25, 0.3) is 0 Å². The van der Waals surface area contributed by atoms with Crippen LogP contribution >= 0.6 is 0 Å². The Morgan fingerprint density at radius 1 is 1.50 bits per heavy atom. The van der Waals surface area contributed by atoms with Crippen LogP contribution in [0.1, 0.15) is 19.0 Å². The van der Waals surface area contributed by atoms with E-state index in [9.17, 15) is 4.79 Å². The Bertz CT molecular complexity index is 268. The monoisotopic (exact) mass is 165 g/mol. The third-order valence-corrected chi connectivity index (χ3v) is 1.46. The van der Waals surface area contributed by atoms with Gasteiger partial charge in [-0.25, -0.2) is 4.98 Å². The minimum absolute atomic E-state index is 0.161. The van der Waals surface area contributed by atoms with Crippen LogP contribution in [-0.2, 0) is 11.2 Å². The van der Waals surface area contributed by atoms with Gasteiger partial charge < -0.3 is 10.5 Å². The maximum absolute atomic E-state index is 10.6. The number of aryl methyl sites for hydroxylation is 1. The highest BCUT2D eigenvalue weighted by molar-refractivity contribution is 5.75. The van der Waals surface area contributed by atoms with Crippen molar-refractivity contribution in [1.82, 2.24) is 9.97 Å². The number of anilines is 1. The maximum atomic E-state index is 10.6. The number of Topliss-reactive ketones (excluding diaryl/α,β-unsaturated/α-hetero) is 1. The fourth-order valence-corrected chi connectivity index (χ4v) is 0.798. The first-order valence-corrected chi connectivity index (χ1v) is 3.74. The predicted octanol–water partition coefficient (Wildman–Crippen LogP) is 0.580. The SMILES string of the molecule is CC(=O)CCc1cnc(N)cn1. The smallest absolute Gasteiger partial charge is 0.141 e. The lowest BCUT2D eigenvalue weighted by Gasteiger charge is -1.97. The Morgan fingerprint density at radius 2 is 2.25 bits per heavy atom. The van der Waals surface area contributed by atoms with Crippen molar-refractivity contribution in [1.29, 1.82) is 0 Å². The number of nitrogens with zero attached hydrogens (tertiary/aromatic N) is 2. The summed E-state index contributed by atoms with van der Waals surface area (Å²) in [5.41, 5.74) is 6.15. The summed E-state index contributed by atoms with van der Waals surface area (Å²) >= 11 is 0. The van der Waals surface area contributed by atoms with Gasteiger partial charge in [0.15, 0.2) is 0 Å². The first kappa shape index (κ1) is 8.64. The van der Waals surface area contributed by atoms with Crippen LogP contribution in [0.4, 0.5) is 5.82 Å². The van der Waals surface area contributed by atoms with E-state index in [1.807, 2.05) is 0 Å². The molecule has 0 amide bonds. The molecule has 0 radical (unpaired) electrons. The van der Waals surface area contributed by atoms with Gasteiger partial charge in [-0.1, -0.05) is 0 Å². The molecule has 1 aromatic rings. The number of aromatic nitrogens is 2. The van der Waals surface area contributed by atoms with E-state index in [2.05, 4.69) is 9.97 Å². The number of ketones is 1. The van der Waals surface area contributed by atoms with Crippen LogP contribution in [0.25, 0.3) is 0 Å². The Morgan fingerprint density at radius 3 is 2.75 bits per heavy atom. The summed E-state index contributed by atoms with van der Waals surface area (Å²) in [6.07, 6.45) is 4.24. The first-order chi connectivity index (χ1) is 5.68. The quantitative estimate of drug-likeness (QED) is 0.711. The lowest BCUT2D eigenvalue weighted by atomic mass is 10.2. The third kappa shape index (κ3) is 2.65. The Balaban J connectivity index is 2.53. The normalized spacial score (nSPS) is 9.75. The summed E-state index contributed by atoms with van der Waals surface area (Å²) < 4.78 is 0. The fraction of sp³-hybridized carbons (Fsp3) is 0.375. The Labute approximate surface area is 70.8 Å². The second-order valence-corrected chi connectivity index (χ2v) is 2.63. The summed E-state index contributed by atoms with van der Waals surface area (Å²) in [7, 11) is 0. The number of nitrogens with two attached hydrogens (primary N) is 1. The van der Waals surface area contributed by atoms with Crippen LogP contribution < -0.4 is 5.73 Å². The van der Waals surface area contributed by atoms with E-state index in [-0.39, 0.29) is 5.78 Å². The summed E-state index contributed by atoms with van der Waals surface area (Å²) in [5.74, 6) is 0.565. The average Bonchev–Trinajstić information content (AvgIpc) is 2.03. The van der Waals surface area contributed by atoms with Crippen LogP contribution in [0.2, 0.25) is 0 Å². The van der Waals surface area contributed by atoms with E-state index in [1.165, 1.54) is 6.20 Å². The van der Waals surface area contributed by atoms with E-state index >= 15 is 0 Å². The number of carbonyl (C=O) groups excluding carboxylic acids is 1. The van der Waals surface area contributed by atoms with Crippen molar-refractivity contribution in [3.63, 3.8) is 0 Å². The van der Waals surface area contributed by atoms with Crippen LogP contribution in [0, 0.1) is 0 Å². The first-order valence-electron chi connectivity index (χ1n) is 3.74. The molecule has 0 unspecified atom stereocenters. The van der Waals surface area contributed by atoms with Crippen molar-refractivity contribution < 1.29 is 4.79 Å². The number of hydrogen-bond donors (Lipinski definition) is 1. The summed E-state index contributed by atoms with van der Waals surface area (Å²) in [6, 6.07) is 0. The Hall–Kier alpha value is -1.45. The molecule has 12 heavy (non-hydrogen) atoms. The molecule has 0 aliphatic heterocycles. The molecular weight excluding hydrogens is 154 g/mol. The van der Waals surface area contributed by atoms with Crippen molar-refractivity contribution in [2.75, 3.05) is 5.73 Å². The van der Waals surface area contributed by atoms with E-state index in [0.29, 0.717) is 18.7 Å². The van der Waals surface area contributed by atoms with Gasteiger partial charge in [0, 0.05) is 6.42 Å². The molecule has 0 spiro atoms. The molecule has 2 N–H and O–H groups in total. The standard InChI is InChI=1S/C8H11N3O/c1-6(12)2-3-7-4-11-8(9)5-10-7/h4-5H,2-3H2,1H3,(H2,9,11). The molecule has 0 fully saturated rings. The third-order valence-electron chi connectivity index (χ3n) is 1.46. The number of carbonyl (C=O) groups is 1. The van der Waals surface area contributed by atoms with Gasteiger partial charge >= 0.3 is 0 Å². The zero-order chi connectivity index (χ0) is 8.97. The molecule has 0 aliphatic carbocycles. The lowest BCUT2D eigenvalue weighted by molar-refractivity contribution is -0.116. The molecule has 0 saturated carbocycles. The van der Waals surface area contributed by atoms with Crippen LogP contribution in [0.5, 0.6) is 0 Å². The van der Waals surface area contributed by atoms with Crippen molar-refractivity contribution in [3.05, 3.63) is 18.1 Å². The topological polar surface area (TPSA) is 68.9 Å². The number of hydrogen-bond acceptors (Lipinski definition) is 4. The van der Waals surface area contributed by atoms with Gasteiger partial charge in [-0.2, -0.15) is 0 Å². The zero-order valence-electron chi connectivity index (χ0n) is 6.95. The molecular formula is C8H11N3O. The molecule has 1 aromatic heterocycles. The van der Waals surface area contributed by atoms with Crippen LogP contribution in [0.3, 0.4) is 0 Å². The average molecular weight is 165 g/mol. The van der Waals surface area contributed by atoms with Gasteiger partial charge in [-0.15, -0.1) is 0 Å². The summed E-state index contributed by atoms with van der Waals surface area (Å²) in [6.45, 7) is 1.56. The molecule has 0 bridgehead atoms. The second-order valence-electron chi connectivity index (χ2n) is 2.63. The van der Waals surface area contributed by atoms with E-state index in [1.54, 1.807) is 13.1 Å². The van der Waals surface area contributed by atoms with Crippen molar-refractivity contribution in [2.45, 2.75) is 19.8 Å². The molecule has 0 aromatic carbocycles. The van der Waals surface area contributed by atoms with E-state index in [4.69, 9.17) is 5.73 Å². The summed E-state index contributed by atoms with van der Waals surface area (Å²) in [5, 5.41) is 0. The molecule has 0 atom stereocenters. The molecule has 4 nitrogen and oxygen atoms in total. The van der Waals surface area contributed by atoms with Crippen molar-refractivity contribution in [2.24, 2.45) is 0 Å². The molecule has 1 rings (SSSR count).